The summed E-state index contributed by atoms with van der Waals surface area (Å²) in [6.07, 6.45) is 6.91. The maximum Gasteiger partial charge on any atom is 0.319 e. The molecule has 6 nitrogen and oxygen atoms in total. The molecule has 2 bridgehead atoms. The molecule has 3 aliphatic heterocycles. The highest BCUT2D eigenvalue weighted by Gasteiger charge is 2.42. The fourth-order valence-electron chi connectivity index (χ4n) is 4.93. The number of para-hydroxylation sites is 1. The maximum atomic E-state index is 12.8. The standard InChI is InChI=1S/C26H28N4O2/c31-26(28-21-8-10-23(11-9-21)32-22-6-2-1-3-7-22)29-25-20-12-15-30(16-13-20)24(25)17-19-5-4-14-27-18-19/h1-11,14,18,20,24-25H,12-13,15-17H2,(H2,28,29,31). The predicted molar refractivity (Wildman–Crippen MR) is 125 cm³/mol. The van der Waals surface area contributed by atoms with E-state index < -0.39 is 0 Å². The summed E-state index contributed by atoms with van der Waals surface area (Å²) in [5.41, 5.74) is 1.96. The third-order valence-electron chi connectivity index (χ3n) is 6.52. The summed E-state index contributed by atoms with van der Waals surface area (Å²) in [5.74, 6) is 2.04. The van der Waals surface area contributed by atoms with Crippen molar-refractivity contribution in [1.29, 1.82) is 0 Å². The van der Waals surface area contributed by atoms with Crippen molar-refractivity contribution in [1.82, 2.24) is 15.2 Å². The Morgan fingerprint density at radius 2 is 1.72 bits per heavy atom. The van der Waals surface area contributed by atoms with Gasteiger partial charge in [-0.05, 0) is 86.3 Å². The highest BCUT2D eigenvalue weighted by atomic mass is 16.5. The lowest BCUT2D eigenvalue weighted by atomic mass is 9.77. The van der Waals surface area contributed by atoms with Crippen LogP contribution in [0.2, 0.25) is 0 Å². The van der Waals surface area contributed by atoms with Crippen molar-refractivity contribution >= 4 is 11.7 Å². The van der Waals surface area contributed by atoms with Gasteiger partial charge in [-0.1, -0.05) is 24.3 Å². The first-order valence-electron chi connectivity index (χ1n) is 11.3. The van der Waals surface area contributed by atoms with E-state index in [2.05, 4.69) is 26.6 Å². The van der Waals surface area contributed by atoms with Crippen LogP contribution in [0.5, 0.6) is 11.5 Å². The average molecular weight is 429 g/mol. The Balaban J connectivity index is 1.21. The number of carbonyl (C=O) groups excluding carboxylic acids is 1. The van der Waals surface area contributed by atoms with Crippen LogP contribution in [0.25, 0.3) is 0 Å². The number of rotatable bonds is 6. The van der Waals surface area contributed by atoms with E-state index in [1.807, 2.05) is 66.9 Å². The molecule has 0 saturated carbocycles. The molecule has 3 saturated heterocycles. The maximum absolute atomic E-state index is 12.8. The summed E-state index contributed by atoms with van der Waals surface area (Å²) in [4.78, 5) is 19.6. The highest BCUT2D eigenvalue weighted by Crippen LogP contribution is 2.34. The summed E-state index contributed by atoms with van der Waals surface area (Å²) >= 11 is 0. The first-order valence-corrected chi connectivity index (χ1v) is 11.3. The van der Waals surface area contributed by atoms with Crippen LogP contribution in [0, 0.1) is 5.92 Å². The lowest BCUT2D eigenvalue weighted by Crippen LogP contribution is -2.64. The van der Waals surface area contributed by atoms with Gasteiger partial charge in [0.1, 0.15) is 11.5 Å². The van der Waals surface area contributed by atoms with Crippen molar-refractivity contribution in [3.8, 4) is 11.5 Å². The number of carbonyl (C=O) groups is 1. The quantitative estimate of drug-likeness (QED) is 0.597. The normalized spacial score (nSPS) is 24.0. The van der Waals surface area contributed by atoms with Gasteiger partial charge in [0.25, 0.3) is 0 Å². The smallest absolute Gasteiger partial charge is 0.319 e. The predicted octanol–water partition coefficient (Wildman–Crippen LogP) is 4.70. The third kappa shape index (κ3) is 4.75. The van der Waals surface area contributed by atoms with Gasteiger partial charge >= 0.3 is 6.03 Å². The van der Waals surface area contributed by atoms with Gasteiger partial charge in [-0.2, -0.15) is 0 Å². The number of nitrogens with one attached hydrogen (secondary N) is 2. The van der Waals surface area contributed by atoms with Crippen molar-refractivity contribution in [3.05, 3.63) is 84.7 Å². The first-order chi connectivity index (χ1) is 15.7. The second kappa shape index (κ2) is 9.40. The second-order valence-corrected chi connectivity index (χ2v) is 8.57. The van der Waals surface area contributed by atoms with Crippen LogP contribution in [0.4, 0.5) is 10.5 Å². The molecule has 0 aliphatic carbocycles. The molecule has 2 aromatic carbocycles. The van der Waals surface area contributed by atoms with Gasteiger partial charge in [-0.25, -0.2) is 4.79 Å². The number of amides is 2. The number of urea groups is 1. The summed E-state index contributed by atoms with van der Waals surface area (Å²) in [6, 6.07) is 21.5. The fraction of sp³-hybridized carbons (Fsp3) is 0.308. The monoisotopic (exact) mass is 428 g/mol. The van der Waals surface area contributed by atoms with Crippen LogP contribution in [0.15, 0.2) is 79.1 Å². The molecule has 164 valence electrons. The van der Waals surface area contributed by atoms with E-state index in [0.29, 0.717) is 12.0 Å². The largest absolute Gasteiger partial charge is 0.457 e. The van der Waals surface area contributed by atoms with Gasteiger partial charge in [0, 0.05) is 30.2 Å². The van der Waals surface area contributed by atoms with Crippen LogP contribution in [-0.2, 0) is 6.42 Å². The van der Waals surface area contributed by atoms with E-state index in [-0.39, 0.29) is 12.1 Å². The van der Waals surface area contributed by atoms with Crippen molar-refractivity contribution in [2.45, 2.75) is 31.3 Å². The van der Waals surface area contributed by atoms with Crippen molar-refractivity contribution in [2.75, 3.05) is 18.4 Å². The Labute approximate surface area is 188 Å². The minimum Gasteiger partial charge on any atom is -0.457 e. The summed E-state index contributed by atoms with van der Waals surface area (Å²) in [7, 11) is 0. The van der Waals surface area contributed by atoms with Crippen LogP contribution >= 0.6 is 0 Å². The molecule has 0 spiro atoms. The van der Waals surface area contributed by atoms with Crippen LogP contribution in [-0.4, -0.2) is 41.1 Å². The molecule has 6 rings (SSSR count). The summed E-state index contributed by atoms with van der Waals surface area (Å²) < 4.78 is 5.82. The van der Waals surface area contributed by atoms with Gasteiger partial charge in [0.2, 0.25) is 0 Å². The first kappa shape index (κ1) is 20.5. The van der Waals surface area contributed by atoms with E-state index in [0.717, 1.165) is 49.5 Å². The molecule has 32 heavy (non-hydrogen) atoms. The molecule has 4 heterocycles. The van der Waals surface area contributed by atoms with E-state index in [1.165, 1.54) is 5.56 Å². The van der Waals surface area contributed by atoms with E-state index in [9.17, 15) is 4.79 Å². The van der Waals surface area contributed by atoms with E-state index in [1.54, 1.807) is 6.20 Å². The topological polar surface area (TPSA) is 66.5 Å². The number of hydrogen-bond donors (Lipinski definition) is 2. The van der Waals surface area contributed by atoms with Gasteiger partial charge in [-0.3, -0.25) is 9.88 Å². The number of nitrogens with zero attached hydrogens (tertiary/aromatic N) is 2. The Bertz CT molecular complexity index is 1020. The number of piperidine rings is 3. The number of anilines is 1. The summed E-state index contributed by atoms with van der Waals surface area (Å²) in [5, 5.41) is 6.27. The number of fused-ring (bicyclic) bond motifs is 3. The molecule has 3 fully saturated rings. The fourth-order valence-corrected chi connectivity index (χ4v) is 4.93. The molecule has 0 radical (unpaired) electrons. The Hall–Kier alpha value is -3.38. The minimum absolute atomic E-state index is 0.137. The molecule has 2 atom stereocenters. The SMILES string of the molecule is O=C(Nc1ccc(Oc2ccccc2)cc1)NC1C2CCN(CC2)C1Cc1cccnc1. The van der Waals surface area contributed by atoms with Crippen molar-refractivity contribution in [3.63, 3.8) is 0 Å². The molecule has 2 amide bonds. The van der Waals surface area contributed by atoms with E-state index >= 15 is 0 Å². The van der Waals surface area contributed by atoms with Crippen molar-refractivity contribution in [2.24, 2.45) is 5.92 Å². The number of hydrogen-bond acceptors (Lipinski definition) is 4. The second-order valence-electron chi connectivity index (χ2n) is 8.57. The third-order valence-corrected chi connectivity index (χ3v) is 6.52. The van der Waals surface area contributed by atoms with Gasteiger partial charge in [-0.15, -0.1) is 0 Å². The highest BCUT2D eigenvalue weighted by molar-refractivity contribution is 5.89. The Morgan fingerprint density at radius 3 is 2.44 bits per heavy atom. The van der Waals surface area contributed by atoms with Crippen molar-refractivity contribution < 1.29 is 9.53 Å². The Morgan fingerprint density at radius 1 is 0.969 bits per heavy atom. The molecular formula is C26H28N4O2. The zero-order chi connectivity index (χ0) is 21.8. The zero-order valence-electron chi connectivity index (χ0n) is 18.0. The Kier molecular flexibility index (Phi) is 6.03. The van der Waals surface area contributed by atoms with Crippen LogP contribution in [0.1, 0.15) is 18.4 Å². The lowest BCUT2D eigenvalue weighted by molar-refractivity contribution is 0.0184. The lowest BCUT2D eigenvalue weighted by Gasteiger charge is -2.51. The van der Waals surface area contributed by atoms with Gasteiger partial charge in [0.15, 0.2) is 0 Å². The summed E-state index contributed by atoms with van der Waals surface area (Å²) in [6.45, 7) is 2.22. The molecular weight excluding hydrogens is 400 g/mol. The number of benzene rings is 2. The van der Waals surface area contributed by atoms with E-state index in [4.69, 9.17) is 4.74 Å². The molecule has 2 N–H and O–H groups in total. The number of aromatic nitrogens is 1. The average Bonchev–Trinajstić information content (AvgIpc) is 2.84. The minimum atomic E-state index is -0.156. The zero-order valence-corrected chi connectivity index (χ0v) is 18.0. The number of ether oxygens (including phenoxy) is 1. The number of pyridine rings is 1. The van der Waals surface area contributed by atoms with Crippen LogP contribution in [0.3, 0.4) is 0 Å². The van der Waals surface area contributed by atoms with Crippen LogP contribution < -0.4 is 15.4 Å². The molecule has 1 aromatic heterocycles. The molecule has 3 aliphatic rings. The molecule has 6 heteroatoms. The van der Waals surface area contributed by atoms with Gasteiger partial charge in [0.05, 0.1) is 0 Å². The van der Waals surface area contributed by atoms with Gasteiger partial charge < -0.3 is 15.4 Å². The molecule has 2 unspecified atom stereocenters. The molecule has 3 aromatic rings.